The quantitative estimate of drug-likeness (QED) is 0.861. The lowest BCUT2D eigenvalue weighted by molar-refractivity contribution is -0.139. The second-order valence-electron chi connectivity index (χ2n) is 5.77. The number of hydrogen-bond acceptors (Lipinski definition) is 4. The number of anilines is 1. The normalized spacial score (nSPS) is 16.7. The summed E-state index contributed by atoms with van der Waals surface area (Å²) in [5, 5.41) is 12.6. The van der Waals surface area contributed by atoms with Gasteiger partial charge in [0.25, 0.3) is 0 Å². The van der Waals surface area contributed by atoms with E-state index >= 15 is 0 Å². The topological polar surface area (TPSA) is 71.5 Å². The fourth-order valence-corrected chi connectivity index (χ4v) is 3.24. The van der Waals surface area contributed by atoms with Gasteiger partial charge in [0.1, 0.15) is 0 Å². The predicted molar refractivity (Wildman–Crippen MR) is 88.0 cm³/mol. The second kappa shape index (κ2) is 6.36. The molecule has 0 bridgehead atoms. The van der Waals surface area contributed by atoms with Crippen LogP contribution in [0, 0.1) is 0 Å². The fourth-order valence-electron chi connectivity index (χ4n) is 3.24. The molecule has 1 aliphatic heterocycles. The number of nitrogens with zero attached hydrogens (tertiary/aromatic N) is 1. The van der Waals surface area contributed by atoms with Crippen molar-refractivity contribution in [2.45, 2.75) is 19.0 Å². The first-order valence-electron chi connectivity index (χ1n) is 7.65. The zero-order valence-corrected chi connectivity index (χ0v) is 13.9. The minimum Gasteiger partial charge on any atom is -0.481 e. The largest absolute Gasteiger partial charge is 0.481 e. The van der Waals surface area contributed by atoms with Gasteiger partial charge in [0.05, 0.1) is 24.2 Å². The number of carboxylic acids is 1. The Hall–Kier alpha value is -3.03. The monoisotopic (exact) mass is 364 g/mol. The SMILES string of the molecule is COc1nccc2c1C(c1ccccc1C(F)(F)F)C(C(=O)O)=C(C)N2. The maximum absolute atomic E-state index is 13.6. The minimum atomic E-state index is -4.63. The molecule has 0 fully saturated rings. The molecule has 136 valence electrons. The molecule has 5 nitrogen and oxygen atoms in total. The third-order valence-electron chi connectivity index (χ3n) is 4.26. The molecule has 8 heteroatoms. The Balaban J connectivity index is 2.37. The highest BCUT2D eigenvalue weighted by molar-refractivity contribution is 5.93. The van der Waals surface area contributed by atoms with Crippen LogP contribution in [0.1, 0.15) is 29.5 Å². The minimum absolute atomic E-state index is 0.0724. The molecule has 0 aliphatic carbocycles. The molecule has 1 unspecified atom stereocenters. The molecule has 2 aromatic rings. The molecule has 0 saturated heterocycles. The summed E-state index contributed by atoms with van der Waals surface area (Å²) in [6, 6.07) is 6.51. The zero-order chi connectivity index (χ0) is 19.1. The number of nitrogens with one attached hydrogen (secondary N) is 1. The second-order valence-corrected chi connectivity index (χ2v) is 5.77. The van der Waals surface area contributed by atoms with Crippen LogP contribution in [0.4, 0.5) is 18.9 Å². The maximum atomic E-state index is 13.6. The number of allylic oxidation sites excluding steroid dienone is 1. The molecule has 0 amide bonds. The molecule has 2 N–H and O–H groups in total. The van der Waals surface area contributed by atoms with E-state index in [2.05, 4.69) is 10.3 Å². The van der Waals surface area contributed by atoms with Gasteiger partial charge < -0.3 is 15.2 Å². The Bertz CT molecular complexity index is 907. The van der Waals surface area contributed by atoms with Crippen molar-refractivity contribution in [1.82, 2.24) is 4.98 Å². The summed E-state index contributed by atoms with van der Waals surface area (Å²) in [6.07, 6.45) is -3.19. The number of carbonyl (C=O) groups is 1. The summed E-state index contributed by atoms with van der Waals surface area (Å²) in [5.41, 5.74) is -0.252. The van der Waals surface area contributed by atoms with Crippen LogP contribution >= 0.6 is 0 Å². The summed E-state index contributed by atoms with van der Waals surface area (Å²) >= 11 is 0. The first kappa shape index (κ1) is 17.8. The van der Waals surface area contributed by atoms with Gasteiger partial charge in [0.2, 0.25) is 5.88 Å². The summed E-state index contributed by atoms with van der Waals surface area (Å²) in [4.78, 5) is 15.9. The zero-order valence-electron chi connectivity index (χ0n) is 13.9. The van der Waals surface area contributed by atoms with Crippen LogP contribution in [0.5, 0.6) is 5.88 Å². The summed E-state index contributed by atoms with van der Waals surface area (Å²) in [6.45, 7) is 1.52. The standard InChI is InChI=1S/C18H15F3N2O3/c1-9-13(17(24)25)14(10-5-3-4-6-11(10)18(19,20)21)15-12(23-9)7-8-22-16(15)26-2/h3-8,14,23H,1-2H3,(H,24,25). The van der Waals surface area contributed by atoms with Crippen molar-refractivity contribution in [2.75, 3.05) is 12.4 Å². The first-order chi connectivity index (χ1) is 12.3. The van der Waals surface area contributed by atoms with Crippen molar-refractivity contribution in [1.29, 1.82) is 0 Å². The van der Waals surface area contributed by atoms with E-state index < -0.39 is 23.6 Å². The van der Waals surface area contributed by atoms with Crippen molar-refractivity contribution in [3.8, 4) is 5.88 Å². The smallest absolute Gasteiger partial charge is 0.416 e. The molecule has 0 radical (unpaired) electrons. The number of carboxylic acid groups (broad SMARTS) is 1. The number of methoxy groups -OCH3 is 1. The third-order valence-corrected chi connectivity index (χ3v) is 4.26. The van der Waals surface area contributed by atoms with Gasteiger partial charge in [-0.25, -0.2) is 9.78 Å². The lowest BCUT2D eigenvalue weighted by atomic mass is 9.79. The van der Waals surface area contributed by atoms with E-state index in [9.17, 15) is 23.1 Å². The maximum Gasteiger partial charge on any atom is 0.416 e. The van der Waals surface area contributed by atoms with Gasteiger partial charge >= 0.3 is 12.1 Å². The van der Waals surface area contributed by atoms with E-state index in [0.29, 0.717) is 5.69 Å². The Kier molecular flexibility index (Phi) is 4.35. The molecule has 1 atom stereocenters. The summed E-state index contributed by atoms with van der Waals surface area (Å²) in [5.74, 6) is -2.41. The predicted octanol–water partition coefficient (Wildman–Crippen LogP) is 4.03. The van der Waals surface area contributed by atoms with Gasteiger partial charge in [0.15, 0.2) is 0 Å². The number of alkyl halides is 3. The van der Waals surface area contributed by atoms with Gasteiger partial charge in [-0.2, -0.15) is 13.2 Å². The highest BCUT2D eigenvalue weighted by Gasteiger charge is 2.41. The number of fused-ring (bicyclic) bond motifs is 1. The van der Waals surface area contributed by atoms with E-state index in [0.717, 1.165) is 6.07 Å². The van der Waals surface area contributed by atoms with E-state index in [4.69, 9.17) is 4.74 Å². The number of aromatic nitrogens is 1. The average molecular weight is 364 g/mol. The molecule has 0 spiro atoms. The Morgan fingerprint density at radius 3 is 2.58 bits per heavy atom. The molecule has 1 aromatic carbocycles. The lowest BCUT2D eigenvalue weighted by Gasteiger charge is -2.31. The number of hydrogen-bond donors (Lipinski definition) is 2. The Morgan fingerprint density at radius 1 is 1.27 bits per heavy atom. The number of pyridine rings is 1. The van der Waals surface area contributed by atoms with E-state index in [1.165, 1.54) is 38.4 Å². The molecule has 1 aromatic heterocycles. The molecule has 2 heterocycles. The van der Waals surface area contributed by atoms with Crippen LogP contribution in [0.3, 0.4) is 0 Å². The van der Waals surface area contributed by atoms with E-state index in [1.807, 2.05) is 0 Å². The fraction of sp³-hybridized carbons (Fsp3) is 0.222. The van der Waals surface area contributed by atoms with Crippen LogP contribution in [0.2, 0.25) is 0 Å². The molecule has 1 aliphatic rings. The summed E-state index contributed by atoms with van der Waals surface area (Å²) < 4.78 is 45.9. The van der Waals surface area contributed by atoms with Gasteiger partial charge in [-0.15, -0.1) is 0 Å². The third kappa shape index (κ3) is 2.87. The van der Waals surface area contributed by atoms with Crippen molar-refractivity contribution in [3.63, 3.8) is 0 Å². The number of rotatable bonds is 3. The highest BCUT2D eigenvalue weighted by Crippen LogP contribution is 2.48. The van der Waals surface area contributed by atoms with Crippen molar-refractivity contribution in [3.05, 3.63) is 64.5 Å². The Labute approximate surface area is 147 Å². The van der Waals surface area contributed by atoms with Gasteiger partial charge in [-0.3, -0.25) is 0 Å². The molecular formula is C18H15F3N2O3. The number of benzene rings is 1. The number of halogens is 3. The van der Waals surface area contributed by atoms with Gasteiger partial charge in [-0.05, 0) is 24.6 Å². The lowest BCUT2D eigenvalue weighted by Crippen LogP contribution is -2.25. The van der Waals surface area contributed by atoms with Crippen LogP contribution in [0.15, 0.2) is 47.8 Å². The van der Waals surface area contributed by atoms with Crippen LogP contribution in [0.25, 0.3) is 0 Å². The van der Waals surface area contributed by atoms with Crippen molar-refractivity contribution < 1.29 is 27.8 Å². The van der Waals surface area contributed by atoms with Gasteiger partial charge in [-0.1, -0.05) is 18.2 Å². The number of aliphatic carboxylic acids is 1. The van der Waals surface area contributed by atoms with E-state index in [-0.39, 0.29) is 28.3 Å². The Morgan fingerprint density at radius 2 is 1.96 bits per heavy atom. The highest BCUT2D eigenvalue weighted by atomic mass is 19.4. The first-order valence-corrected chi connectivity index (χ1v) is 7.65. The molecule has 0 saturated carbocycles. The molecule has 26 heavy (non-hydrogen) atoms. The van der Waals surface area contributed by atoms with Gasteiger partial charge in [0, 0.05) is 23.1 Å². The van der Waals surface area contributed by atoms with E-state index in [1.54, 1.807) is 6.07 Å². The molecular weight excluding hydrogens is 349 g/mol. The van der Waals surface area contributed by atoms with Crippen LogP contribution < -0.4 is 10.1 Å². The van der Waals surface area contributed by atoms with Crippen molar-refractivity contribution in [2.24, 2.45) is 0 Å². The average Bonchev–Trinajstić information content (AvgIpc) is 2.58. The summed E-state index contributed by atoms with van der Waals surface area (Å²) in [7, 11) is 1.33. The van der Waals surface area contributed by atoms with Crippen molar-refractivity contribution >= 4 is 11.7 Å². The molecule has 3 rings (SSSR count). The van der Waals surface area contributed by atoms with Crippen LogP contribution in [-0.2, 0) is 11.0 Å². The number of ether oxygens (including phenoxy) is 1. The van der Waals surface area contributed by atoms with Crippen LogP contribution in [-0.4, -0.2) is 23.2 Å².